The van der Waals surface area contributed by atoms with Gasteiger partial charge in [-0.15, -0.1) is 0 Å². The number of amides is 1. The summed E-state index contributed by atoms with van der Waals surface area (Å²) in [5.74, 6) is -0.0924. The molecule has 1 heterocycles. The molecule has 0 radical (unpaired) electrons. The summed E-state index contributed by atoms with van der Waals surface area (Å²) in [5.41, 5.74) is 3.10. The monoisotopic (exact) mass is 442 g/mol. The average Bonchev–Trinajstić information content (AvgIpc) is 2.82. The molecule has 1 aliphatic heterocycles. The molecule has 2 aliphatic rings. The van der Waals surface area contributed by atoms with Crippen molar-refractivity contribution in [2.75, 3.05) is 32.8 Å². The van der Waals surface area contributed by atoms with Crippen molar-refractivity contribution in [2.24, 2.45) is 0 Å². The van der Waals surface area contributed by atoms with Gasteiger partial charge in [-0.1, -0.05) is 37.3 Å². The maximum absolute atomic E-state index is 13.5. The molecule has 31 heavy (non-hydrogen) atoms. The van der Waals surface area contributed by atoms with Crippen molar-refractivity contribution in [1.29, 1.82) is 0 Å². The Bertz CT molecular complexity index is 1030. The molecule has 0 aromatic heterocycles. The summed E-state index contributed by atoms with van der Waals surface area (Å²) < 4.78 is 32.8. The third kappa shape index (κ3) is 4.68. The van der Waals surface area contributed by atoms with Crippen LogP contribution in [0.3, 0.4) is 0 Å². The lowest BCUT2D eigenvalue weighted by Crippen LogP contribution is -2.44. The number of sulfonamides is 1. The van der Waals surface area contributed by atoms with E-state index in [9.17, 15) is 13.2 Å². The Morgan fingerprint density at radius 3 is 2.58 bits per heavy atom. The lowest BCUT2D eigenvalue weighted by Gasteiger charge is -2.35. The first kappa shape index (κ1) is 22.0. The molecule has 0 saturated carbocycles. The van der Waals surface area contributed by atoms with Gasteiger partial charge in [0.25, 0.3) is 5.91 Å². The van der Waals surface area contributed by atoms with E-state index in [4.69, 9.17) is 4.74 Å². The fraction of sp³-hybridized carbons (Fsp3) is 0.458. The van der Waals surface area contributed by atoms with Crippen molar-refractivity contribution >= 4 is 15.9 Å². The van der Waals surface area contributed by atoms with Crippen molar-refractivity contribution in [3.05, 3.63) is 65.2 Å². The zero-order valence-corrected chi connectivity index (χ0v) is 18.8. The number of rotatable bonds is 6. The summed E-state index contributed by atoms with van der Waals surface area (Å²) in [6.45, 7) is 4.19. The van der Waals surface area contributed by atoms with Gasteiger partial charge in [0.2, 0.25) is 10.0 Å². The summed E-state index contributed by atoms with van der Waals surface area (Å²) >= 11 is 0. The van der Waals surface area contributed by atoms with Crippen molar-refractivity contribution in [2.45, 2.75) is 43.5 Å². The maximum Gasteiger partial charge on any atom is 0.254 e. The van der Waals surface area contributed by atoms with Crippen molar-refractivity contribution < 1.29 is 17.9 Å². The van der Waals surface area contributed by atoms with E-state index in [2.05, 4.69) is 25.1 Å². The van der Waals surface area contributed by atoms with Crippen LogP contribution in [0.15, 0.2) is 53.4 Å². The number of carbonyl (C=O) groups excluding carboxylic acids is 1. The first-order valence-corrected chi connectivity index (χ1v) is 12.5. The number of benzene rings is 2. The predicted octanol–water partition coefficient (Wildman–Crippen LogP) is 3.12. The van der Waals surface area contributed by atoms with Crippen LogP contribution in [-0.4, -0.2) is 62.4 Å². The van der Waals surface area contributed by atoms with Gasteiger partial charge < -0.3 is 9.64 Å². The standard InChI is InChI=1S/C24H30N2O4S/c1-2-12-26(22-11-10-19-6-3-4-7-20(19)17-22)24(27)21-8-5-9-23(18-21)31(28,29)25-13-15-30-16-14-25/h3-9,18,22H,2,10-17H2,1H3. The predicted molar refractivity (Wildman–Crippen MR) is 120 cm³/mol. The van der Waals surface area contributed by atoms with E-state index in [1.54, 1.807) is 18.2 Å². The highest BCUT2D eigenvalue weighted by molar-refractivity contribution is 7.89. The Balaban J connectivity index is 1.58. The largest absolute Gasteiger partial charge is 0.379 e. The van der Waals surface area contributed by atoms with Crippen molar-refractivity contribution in [3.8, 4) is 0 Å². The number of fused-ring (bicyclic) bond motifs is 1. The number of hydrogen-bond donors (Lipinski definition) is 0. The van der Waals surface area contributed by atoms with Gasteiger partial charge >= 0.3 is 0 Å². The Hall–Kier alpha value is -2.22. The van der Waals surface area contributed by atoms with E-state index >= 15 is 0 Å². The molecular formula is C24H30N2O4S. The molecule has 0 bridgehead atoms. The maximum atomic E-state index is 13.5. The van der Waals surface area contributed by atoms with E-state index in [0.29, 0.717) is 38.4 Å². The van der Waals surface area contributed by atoms with Crippen molar-refractivity contribution in [3.63, 3.8) is 0 Å². The Labute approximate surface area is 184 Å². The zero-order valence-electron chi connectivity index (χ0n) is 18.0. The van der Waals surface area contributed by atoms with Crippen LogP contribution in [0.5, 0.6) is 0 Å². The molecule has 1 saturated heterocycles. The summed E-state index contributed by atoms with van der Waals surface area (Å²) in [4.78, 5) is 15.6. The number of carbonyl (C=O) groups is 1. The molecule has 1 atom stereocenters. The topological polar surface area (TPSA) is 66.9 Å². The van der Waals surface area contributed by atoms with Crippen LogP contribution < -0.4 is 0 Å². The van der Waals surface area contributed by atoms with Crippen molar-refractivity contribution in [1.82, 2.24) is 9.21 Å². The van der Waals surface area contributed by atoms with Crippen LogP contribution >= 0.6 is 0 Å². The van der Waals surface area contributed by atoms with Gasteiger partial charge in [0.05, 0.1) is 18.1 Å². The molecule has 4 rings (SSSR count). The molecule has 7 heteroatoms. The van der Waals surface area contributed by atoms with Crippen LogP contribution in [0.2, 0.25) is 0 Å². The van der Waals surface area contributed by atoms with Crippen LogP contribution in [0, 0.1) is 0 Å². The average molecular weight is 443 g/mol. The molecule has 1 fully saturated rings. The highest BCUT2D eigenvalue weighted by atomic mass is 32.2. The molecule has 1 amide bonds. The summed E-state index contributed by atoms with van der Waals surface area (Å²) in [6, 6.07) is 15.0. The second-order valence-corrected chi connectivity index (χ2v) is 10.1. The second kappa shape index (κ2) is 9.51. The van der Waals surface area contributed by atoms with Crippen LogP contribution in [0.25, 0.3) is 0 Å². The van der Waals surface area contributed by atoms with E-state index in [0.717, 1.165) is 25.7 Å². The molecule has 2 aromatic rings. The minimum Gasteiger partial charge on any atom is -0.379 e. The fourth-order valence-electron chi connectivity index (χ4n) is 4.53. The summed E-state index contributed by atoms with van der Waals surface area (Å²) in [6.07, 6.45) is 3.58. The smallest absolute Gasteiger partial charge is 0.254 e. The Morgan fingerprint density at radius 1 is 1.10 bits per heavy atom. The third-order valence-corrected chi connectivity index (χ3v) is 8.07. The molecule has 1 aliphatic carbocycles. The van der Waals surface area contributed by atoms with Gasteiger partial charge in [0, 0.05) is 31.2 Å². The third-order valence-electron chi connectivity index (χ3n) is 6.18. The highest BCUT2D eigenvalue weighted by Crippen LogP contribution is 2.26. The fourth-order valence-corrected chi connectivity index (χ4v) is 5.98. The Morgan fingerprint density at radius 2 is 1.84 bits per heavy atom. The first-order chi connectivity index (χ1) is 15.0. The number of ether oxygens (including phenoxy) is 1. The van der Waals surface area contributed by atoms with Gasteiger partial charge in [-0.05, 0) is 55.0 Å². The highest BCUT2D eigenvalue weighted by Gasteiger charge is 2.30. The first-order valence-electron chi connectivity index (χ1n) is 11.1. The Kier molecular flexibility index (Phi) is 6.74. The van der Waals surface area contributed by atoms with Gasteiger partial charge in [0.1, 0.15) is 0 Å². The molecule has 6 nitrogen and oxygen atoms in total. The van der Waals surface area contributed by atoms with E-state index in [-0.39, 0.29) is 16.8 Å². The SMILES string of the molecule is CCCN(C(=O)c1cccc(S(=O)(=O)N2CCOCC2)c1)C1CCc2ccccc2C1. The van der Waals surface area contributed by atoms with Crippen LogP contribution in [0.4, 0.5) is 0 Å². The summed E-state index contributed by atoms with van der Waals surface area (Å²) in [5, 5.41) is 0. The minimum atomic E-state index is -3.64. The quantitative estimate of drug-likeness (QED) is 0.689. The van der Waals surface area contributed by atoms with Gasteiger partial charge in [-0.25, -0.2) is 8.42 Å². The van der Waals surface area contributed by atoms with E-state index < -0.39 is 10.0 Å². The van der Waals surface area contributed by atoms with Crippen LogP contribution in [-0.2, 0) is 27.6 Å². The lowest BCUT2D eigenvalue weighted by molar-refractivity contribution is 0.0661. The van der Waals surface area contributed by atoms with E-state index in [1.807, 2.05) is 11.0 Å². The van der Waals surface area contributed by atoms with Gasteiger partial charge in [-0.2, -0.15) is 4.31 Å². The molecule has 0 spiro atoms. The number of morpholine rings is 1. The molecule has 166 valence electrons. The molecule has 1 unspecified atom stereocenters. The van der Waals surface area contributed by atoms with Gasteiger partial charge in [0.15, 0.2) is 0 Å². The number of aryl methyl sites for hydroxylation is 1. The normalized spacial score (nSPS) is 19.6. The molecular weight excluding hydrogens is 412 g/mol. The summed E-state index contributed by atoms with van der Waals surface area (Å²) in [7, 11) is -3.64. The number of nitrogens with zero attached hydrogens (tertiary/aromatic N) is 2. The lowest BCUT2D eigenvalue weighted by atomic mass is 9.87. The zero-order chi connectivity index (χ0) is 21.8. The van der Waals surface area contributed by atoms with E-state index in [1.165, 1.54) is 21.5 Å². The molecule has 0 N–H and O–H groups in total. The second-order valence-electron chi connectivity index (χ2n) is 8.21. The molecule has 2 aromatic carbocycles. The van der Waals surface area contributed by atoms with Crippen LogP contribution in [0.1, 0.15) is 41.3 Å². The van der Waals surface area contributed by atoms with Gasteiger partial charge in [-0.3, -0.25) is 4.79 Å². The minimum absolute atomic E-state index is 0.0924. The number of hydrogen-bond acceptors (Lipinski definition) is 4.